The number of hydrogen-bond acceptors (Lipinski definition) is 6. The SMILES string of the molecule is C[C@@H]1[C@@H](OCc2ccccc2)[C@H](OCc2ccccc2)[C@@H](OCc2ccccc2)CN1CC1CCCN(c2cnccc2C(F)(F)F)C1. The van der Waals surface area contributed by atoms with Gasteiger partial charge >= 0.3 is 6.18 Å². The maximum atomic E-state index is 13.9. The first kappa shape index (κ1) is 34.1. The zero-order chi connectivity index (χ0) is 33.3. The third-order valence-electron chi connectivity index (χ3n) is 9.49. The van der Waals surface area contributed by atoms with Gasteiger partial charge in [-0.15, -0.1) is 0 Å². The van der Waals surface area contributed by atoms with Crippen LogP contribution in [0.3, 0.4) is 0 Å². The van der Waals surface area contributed by atoms with E-state index in [0.717, 1.165) is 35.6 Å². The van der Waals surface area contributed by atoms with Crippen LogP contribution in [0.25, 0.3) is 0 Å². The van der Waals surface area contributed by atoms with Gasteiger partial charge in [-0.3, -0.25) is 9.88 Å². The fraction of sp³-hybridized carbons (Fsp3) is 0.410. The third kappa shape index (κ3) is 8.82. The average Bonchev–Trinajstić information content (AvgIpc) is 3.11. The molecule has 1 unspecified atom stereocenters. The topological polar surface area (TPSA) is 47.1 Å². The number of ether oxygens (including phenoxy) is 3. The second-order valence-corrected chi connectivity index (χ2v) is 12.9. The van der Waals surface area contributed by atoms with Gasteiger partial charge in [-0.25, -0.2) is 0 Å². The smallest absolute Gasteiger partial charge is 0.369 e. The van der Waals surface area contributed by atoms with Crippen molar-refractivity contribution >= 4 is 5.69 Å². The minimum absolute atomic E-state index is 0.0226. The van der Waals surface area contributed by atoms with Gasteiger partial charge < -0.3 is 19.1 Å². The first-order chi connectivity index (χ1) is 23.3. The Hall–Kier alpha value is -3.76. The van der Waals surface area contributed by atoms with Crippen molar-refractivity contribution in [3.8, 4) is 0 Å². The monoisotopic (exact) mass is 659 g/mol. The van der Waals surface area contributed by atoms with Crippen molar-refractivity contribution < 1.29 is 27.4 Å². The second kappa shape index (κ2) is 16.1. The molecule has 0 N–H and O–H groups in total. The van der Waals surface area contributed by atoms with E-state index in [9.17, 15) is 13.2 Å². The van der Waals surface area contributed by atoms with Crippen LogP contribution in [0.15, 0.2) is 109 Å². The highest BCUT2D eigenvalue weighted by atomic mass is 19.4. The molecule has 6 nitrogen and oxygen atoms in total. The first-order valence-corrected chi connectivity index (χ1v) is 16.8. The van der Waals surface area contributed by atoms with Gasteiger partial charge in [0, 0.05) is 38.4 Å². The molecule has 0 spiro atoms. The molecule has 5 atom stereocenters. The van der Waals surface area contributed by atoms with Crippen LogP contribution >= 0.6 is 0 Å². The maximum absolute atomic E-state index is 13.9. The van der Waals surface area contributed by atoms with E-state index in [-0.39, 0.29) is 36.0 Å². The summed E-state index contributed by atoms with van der Waals surface area (Å²) in [5.41, 5.74) is 2.75. The number of rotatable bonds is 12. The molecule has 2 fully saturated rings. The lowest BCUT2D eigenvalue weighted by Crippen LogP contribution is -2.63. The Morgan fingerprint density at radius 2 is 1.29 bits per heavy atom. The summed E-state index contributed by atoms with van der Waals surface area (Å²) in [4.78, 5) is 8.30. The number of nitrogens with zero attached hydrogens (tertiary/aromatic N) is 3. The third-order valence-corrected chi connectivity index (χ3v) is 9.49. The number of pyridine rings is 1. The van der Waals surface area contributed by atoms with E-state index in [0.29, 0.717) is 46.0 Å². The number of alkyl halides is 3. The molecule has 0 bridgehead atoms. The van der Waals surface area contributed by atoms with Gasteiger partial charge in [0.25, 0.3) is 0 Å². The second-order valence-electron chi connectivity index (χ2n) is 12.9. The van der Waals surface area contributed by atoms with Crippen LogP contribution in [-0.4, -0.2) is 60.4 Å². The fourth-order valence-electron chi connectivity index (χ4n) is 6.97. The van der Waals surface area contributed by atoms with Crippen molar-refractivity contribution in [3.63, 3.8) is 0 Å². The van der Waals surface area contributed by atoms with E-state index in [4.69, 9.17) is 14.2 Å². The highest BCUT2D eigenvalue weighted by Crippen LogP contribution is 2.38. The molecular weight excluding hydrogens is 615 g/mol. The molecule has 1 aromatic heterocycles. The van der Waals surface area contributed by atoms with Gasteiger partial charge in [-0.1, -0.05) is 91.0 Å². The van der Waals surface area contributed by atoms with Crippen LogP contribution in [0.2, 0.25) is 0 Å². The summed E-state index contributed by atoms with van der Waals surface area (Å²) >= 11 is 0. The largest absolute Gasteiger partial charge is 0.418 e. The van der Waals surface area contributed by atoms with Crippen molar-refractivity contribution in [1.82, 2.24) is 9.88 Å². The van der Waals surface area contributed by atoms with Gasteiger partial charge in [0.05, 0.1) is 43.4 Å². The lowest BCUT2D eigenvalue weighted by Gasteiger charge is -2.49. The molecule has 2 aliphatic heterocycles. The molecule has 0 radical (unpaired) electrons. The van der Waals surface area contributed by atoms with E-state index in [2.05, 4.69) is 53.2 Å². The van der Waals surface area contributed by atoms with Gasteiger partial charge in [0.2, 0.25) is 0 Å². The van der Waals surface area contributed by atoms with E-state index in [1.54, 1.807) is 0 Å². The van der Waals surface area contributed by atoms with Gasteiger partial charge in [-0.2, -0.15) is 13.2 Å². The van der Waals surface area contributed by atoms with E-state index < -0.39 is 11.7 Å². The zero-order valence-corrected chi connectivity index (χ0v) is 27.3. The molecular formula is C39H44F3N3O3. The van der Waals surface area contributed by atoms with Crippen molar-refractivity contribution in [2.45, 2.75) is 70.1 Å². The fourth-order valence-corrected chi connectivity index (χ4v) is 6.97. The lowest BCUT2D eigenvalue weighted by molar-refractivity contribution is -0.202. The Bertz CT molecular complexity index is 1540. The van der Waals surface area contributed by atoms with Crippen molar-refractivity contribution in [2.24, 2.45) is 5.92 Å². The molecule has 9 heteroatoms. The Morgan fingerprint density at radius 3 is 1.88 bits per heavy atom. The highest BCUT2D eigenvalue weighted by Gasteiger charge is 2.45. The molecule has 6 rings (SSSR count). The summed E-state index contributed by atoms with van der Waals surface area (Å²) in [6, 6.07) is 31.4. The Balaban J connectivity index is 1.23. The van der Waals surface area contributed by atoms with Crippen LogP contribution in [0.1, 0.15) is 42.0 Å². The molecule has 3 aromatic carbocycles. The normalized spacial score (nSPS) is 23.7. The van der Waals surface area contributed by atoms with E-state index in [1.807, 2.05) is 59.5 Å². The van der Waals surface area contributed by atoms with Gasteiger partial charge in [-0.05, 0) is 48.4 Å². The summed E-state index contributed by atoms with van der Waals surface area (Å²) < 4.78 is 61.8. The first-order valence-electron chi connectivity index (χ1n) is 16.8. The molecule has 48 heavy (non-hydrogen) atoms. The summed E-state index contributed by atoms with van der Waals surface area (Å²) in [6.07, 6.45) is -1.07. The maximum Gasteiger partial charge on any atom is 0.418 e. The molecule has 0 saturated carbocycles. The van der Waals surface area contributed by atoms with Crippen LogP contribution in [-0.2, 0) is 40.2 Å². The van der Waals surface area contributed by atoms with E-state index in [1.165, 1.54) is 12.4 Å². The predicted molar refractivity (Wildman–Crippen MR) is 180 cm³/mol. The number of halogens is 3. The lowest BCUT2D eigenvalue weighted by atomic mass is 9.90. The number of likely N-dealkylation sites (tertiary alicyclic amines) is 1. The standard InChI is InChI=1S/C39H44F3N3O3/c1-29-37(47-27-31-14-7-3-8-15-31)38(48-28-32-16-9-4-10-17-32)36(46-26-30-12-5-2-6-13-30)25-45(29)24-33-18-11-21-44(23-33)35-22-43-20-19-34(35)39(40,41)42/h2-10,12-17,19-20,22,29,33,36-38H,11,18,21,23-28H2,1H3/t29-,33?,36+,37-,38-/m1/s1. The Labute approximate surface area is 281 Å². The summed E-state index contributed by atoms with van der Waals surface area (Å²) in [5.74, 6) is 0.161. The molecule has 2 aliphatic rings. The minimum Gasteiger partial charge on any atom is -0.369 e. The number of anilines is 1. The molecule has 254 valence electrons. The van der Waals surface area contributed by atoms with Crippen LogP contribution in [0.4, 0.5) is 18.9 Å². The van der Waals surface area contributed by atoms with Crippen molar-refractivity contribution in [1.29, 1.82) is 0 Å². The van der Waals surface area contributed by atoms with Crippen molar-refractivity contribution in [3.05, 3.63) is 132 Å². The summed E-state index contributed by atoms with van der Waals surface area (Å²) in [7, 11) is 0. The van der Waals surface area contributed by atoms with E-state index >= 15 is 0 Å². The molecule has 0 aliphatic carbocycles. The molecule has 2 saturated heterocycles. The van der Waals surface area contributed by atoms with Gasteiger partial charge in [0.15, 0.2) is 0 Å². The Morgan fingerprint density at radius 1 is 0.729 bits per heavy atom. The van der Waals surface area contributed by atoms with Crippen LogP contribution < -0.4 is 4.90 Å². The van der Waals surface area contributed by atoms with Gasteiger partial charge in [0.1, 0.15) is 12.2 Å². The predicted octanol–water partition coefficient (Wildman–Crippen LogP) is 7.78. The van der Waals surface area contributed by atoms with Crippen molar-refractivity contribution in [2.75, 3.05) is 31.1 Å². The number of piperidine rings is 2. The van der Waals surface area contributed by atoms with Crippen LogP contribution in [0.5, 0.6) is 0 Å². The average molecular weight is 660 g/mol. The minimum atomic E-state index is -4.44. The number of hydrogen-bond donors (Lipinski definition) is 0. The molecule has 4 aromatic rings. The Kier molecular flexibility index (Phi) is 11.4. The molecule has 3 heterocycles. The summed E-state index contributed by atoms with van der Waals surface area (Å²) in [6.45, 7) is 5.89. The zero-order valence-electron chi connectivity index (χ0n) is 27.3. The molecule has 0 amide bonds. The number of benzene rings is 3. The van der Waals surface area contributed by atoms with Crippen LogP contribution in [0, 0.1) is 5.92 Å². The quantitative estimate of drug-likeness (QED) is 0.155. The number of aromatic nitrogens is 1. The highest BCUT2D eigenvalue weighted by molar-refractivity contribution is 5.53. The summed E-state index contributed by atoms with van der Waals surface area (Å²) in [5, 5.41) is 0.